The van der Waals surface area contributed by atoms with Crippen molar-refractivity contribution in [2.75, 3.05) is 0 Å². The summed E-state index contributed by atoms with van der Waals surface area (Å²) < 4.78 is 6.07. The number of hydrogen-bond donors (Lipinski definition) is 0. The zero-order valence-electron chi connectivity index (χ0n) is 9.88. The van der Waals surface area contributed by atoms with E-state index < -0.39 is 4.92 Å². The van der Waals surface area contributed by atoms with Crippen molar-refractivity contribution >= 4 is 39.5 Å². The van der Waals surface area contributed by atoms with Crippen molar-refractivity contribution in [2.24, 2.45) is 0 Å². The Kier molecular flexibility index (Phi) is 4.36. The van der Waals surface area contributed by atoms with Gasteiger partial charge in [0.2, 0.25) is 0 Å². The van der Waals surface area contributed by atoms with Gasteiger partial charge in [-0.05, 0) is 40.2 Å². The van der Waals surface area contributed by atoms with Crippen molar-refractivity contribution in [3.05, 3.63) is 61.6 Å². The molecule has 2 aromatic rings. The minimum Gasteiger partial charge on any atom is -0.455 e. The summed E-state index contributed by atoms with van der Waals surface area (Å²) in [6, 6.07) is 8.66. The fourth-order valence-electron chi connectivity index (χ4n) is 1.51. The van der Waals surface area contributed by atoms with E-state index in [9.17, 15) is 14.9 Å². The number of carbonyl (C=O) groups excluding carboxylic acids is 1. The van der Waals surface area contributed by atoms with Gasteiger partial charge in [0.25, 0.3) is 5.69 Å². The van der Waals surface area contributed by atoms with Crippen LogP contribution in [-0.4, -0.2) is 11.2 Å². The Morgan fingerprint density at radius 3 is 2.60 bits per heavy atom. The number of benzene rings is 2. The van der Waals surface area contributed by atoms with Gasteiger partial charge in [0.05, 0.1) is 21.0 Å². The van der Waals surface area contributed by atoms with Gasteiger partial charge in [-0.25, -0.2) is 0 Å². The molecule has 2 rings (SSSR count). The zero-order valence-corrected chi connectivity index (χ0v) is 12.2. The first-order valence-corrected chi connectivity index (χ1v) is 6.55. The number of halogens is 2. The average Bonchev–Trinajstić information content (AvgIpc) is 2.42. The van der Waals surface area contributed by atoms with Crippen molar-refractivity contribution < 1.29 is 14.5 Å². The molecular formula is C13H7BrClNO4. The molecule has 0 saturated carbocycles. The Bertz CT molecular complexity index is 690. The second-order valence-electron chi connectivity index (χ2n) is 3.77. The molecular weight excluding hydrogens is 350 g/mol. The number of ether oxygens (including phenoxy) is 1. The standard InChI is InChI=1S/C13H7BrClNO4/c14-11-3-2-10(16(18)19)6-13(11)20-12-4-1-9(15)5-8(12)7-17/h1-7H. The van der Waals surface area contributed by atoms with E-state index in [1.54, 1.807) is 6.07 Å². The summed E-state index contributed by atoms with van der Waals surface area (Å²) in [5, 5.41) is 11.1. The maximum atomic E-state index is 11.0. The minimum atomic E-state index is -0.526. The Hall–Kier alpha value is -1.92. The fraction of sp³-hybridized carbons (Fsp3) is 0. The summed E-state index contributed by atoms with van der Waals surface area (Å²) in [5.41, 5.74) is 0.153. The summed E-state index contributed by atoms with van der Waals surface area (Å²) in [6.07, 6.45) is 0.604. The summed E-state index contributed by atoms with van der Waals surface area (Å²) in [5.74, 6) is 0.509. The van der Waals surface area contributed by atoms with Crippen LogP contribution in [0.3, 0.4) is 0 Å². The number of nitrogens with zero attached hydrogens (tertiary/aromatic N) is 1. The highest BCUT2D eigenvalue weighted by Gasteiger charge is 2.13. The average molecular weight is 357 g/mol. The van der Waals surface area contributed by atoms with Crippen molar-refractivity contribution in [2.45, 2.75) is 0 Å². The van der Waals surface area contributed by atoms with Crippen LogP contribution in [0.25, 0.3) is 0 Å². The lowest BCUT2D eigenvalue weighted by atomic mass is 10.2. The molecule has 0 fully saturated rings. The molecule has 0 amide bonds. The Labute approximate surface area is 127 Å². The van der Waals surface area contributed by atoms with E-state index in [1.807, 2.05) is 0 Å². The quantitative estimate of drug-likeness (QED) is 0.455. The maximum absolute atomic E-state index is 11.0. The molecule has 0 unspecified atom stereocenters. The number of non-ortho nitro benzene ring substituents is 1. The monoisotopic (exact) mass is 355 g/mol. The van der Waals surface area contributed by atoms with E-state index in [1.165, 1.54) is 30.3 Å². The molecule has 0 saturated heterocycles. The van der Waals surface area contributed by atoms with Gasteiger partial charge in [-0.1, -0.05) is 11.6 Å². The van der Waals surface area contributed by atoms with Gasteiger partial charge in [0.1, 0.15) is 11.5 Å². The number of rotatable bonds is 4. The third-order valence-corrected chi connectivity index (χ3v) is 3.33. The van der Waals surface area contributed by atoms with Crippen LogP contribution < -0.4 is 4.74 Å². The normalized spacial score (nSPS) is 10.1. The second kappa shape index (κ2) is 6.02. The van der Waals surface area contributed by atoms with Crippen LogP contribution in [0.15, 0.2) is 40.9 Å². The first-order valence-electron chi connectivity index (χ1n) is 5.38. The van der Waals surface area contributed by atoms with Gasteiger partial charge in [0.15, 0.2) is 6.29 Å². The Morgan fingerprint density at radius 1 is 1.20 bits per heavy atom. The van der Waals surface area contributed by atoms with Crippen molar-refractivity contribution in [1.29, 1.82) is 0 Å². The number of hydrogen-bond acceptors (Lipinski definition) is 4. The highest BCUT2D eigenvalue weighted by Crippen LogP contribution is 2.34. The molecule has 0 radical (unpaired) electrons. The van der Waals surface area contributed by atoms with Crippen molar-refractivity contribution in [1.82, 2.24) is 0 Å². The van der Waals surface area contributed by atoms with E-state index in [0.29, 0.717) is 15.8 Å². The van der Waals surface area contributed by atoms with Crippen LogP contribution in [0.1, 0.15) is 10.4 Å². The number of carbonyl (C=O) groups is 1. The number of nitro benzene ring substituents is 1. The van der Waals surface area contributed by atoms with Gasteiger partial charge in [-0.15, -0.1) is 0 Å². The SMILES string of the molecule is O=Cc1cc(Cl)ccc1Oc1cc([N+](=O)[O-])ccc1Br. The van der Waals surface area contributed by atoms with Crippen LogP contribution in [0.2, 0.25) is 5.02 Å². The highest BCUT2D eigenvalue weighted by molar-refractivity contribution is 9.10. The zero-order chi connectivity index (χ0) is 14.7. The van der Waals surface area contributed by atoms with Crippen molar-refractivity contribution in [3.8, 4) is 11.5 Å². The van der Waals surface area contributed by atoms with Gasteiger partial charge < -0.3 is 4.74 Å². The number of aldehydes is 1. The lowest BCUT2D eigenvalue weighted by Crippen LogP contribution is -1.93. The molecule has 0 N–H and O–H groups in total. The molecule has 20 heavy (non-hydrogen) atoms. The van der Waals surface area contributed by atoms with Crippen LogP contribution in [0.4, 0.5) is 5.69 Å². The molecule has 0 aliphatic rings. The van der Waals surface area contributed by atoms with Crippen LogP contribution >= 0.6 is 27.5 Å². The molecule has 0 bridgehead atoms. The fourth-order valence-corrected chi connectivity index (χ4v) is 2.01. The predicted octanol–water partition coefficient (Wildman–Crippen LogP) is 4.62. The molecule has 0 aromatic heterocycles. The largest absolute Gasteiger partial charge is 0.455 e. The molecule has 0 aliphatic heterocycles. The Balaban J connectivity index is 2.41. The van der Waals surface area contributed by atoms with E-state index in [-0.39, 0.29) is 22.7 Å². The Morgan fingerprint density at radius 2 is 1.95 bits per heavy atom. The molecule has 102 valence electrons. The van der Waals surface area contributed by atoms with E-state index in [4.69, 9.17) is 16.3 Å². The molecule has 0 spiro atoms. The van der Waals surface area contributed by atoms with E-state index in [0.717, 1.165) is 0 Å². The summed E-state index contributed by atoms with van der Waals surface area (Å²) >= 11 is 9.02. The van der Waals surface area contributed by atoms with Gasteiger partial charge in [-0.2, -0.15) is 0 Å². The topological polar surface area (TPSA) is 69.4 Å². The molecule has 0 heterocycles. The minimum absolute atomic E-state index is 0.107. The number of nitro groups is 1. The molecule has 7 heteroatoms. The van der Waals surface area contributed by atoms with Crippen LogP contribution in [0, 0.1) is 10.1 Å². The summed E-state index contributed by atoms with van der Waals surface area (Å²) in [4.78, 5) is 21.2. The first-order chi connectivity index (χ1) is 9.51. The molecule has 2 aromatic carbocycles. The third kappa shape index (κ3) is 3.15. The molecule has 0 atom stereocenters. The molecule has 0 aliphatic carbocycles. The lowest BCUT2D eigenvalue weighted by Gasteiger charge is -2.09. The van der Waals surface area contributed by atoms with Crippen LogP contribution in [-0.2, 0) is 0 Å². The van der Waals surface area contributed by atoms with Gasteiger partial charge >= 0.3 is 0 Å². The van der Waals surface area contributed by atoms with Crippen LogP contribution in [0.5, 0.6) is 11.5 Å². The highest BCUT2D eigenvalue weighted by atomic mass is 79.9. The maximum Gasteiger partial charge on any atom is 0.273 e. The third-order valence-electron chi connectivity index (χ3n) is 2.44. The smallest absolute Gasteiger partial charge is 0.273 e. The van der Waals surface area contributed by atoms with Gasteiger partial charge in [0, 0.05) is 11.1 Å². The predicted molar refractivity (Wildman–Crippen MR) is 77.7 cm³/mol. The van der Waals surface area contributed by atoms with Gasteiger partial charge in [-0.3, -0.25) is 14.9 Å². The first kappa shape index (κ1) is 14.5. The van der Waals surface area contributed by atoms with E-state index in [2.05, 4.69) is 15.9 Å². The van der Waals surface area contributed by atoms with Crippen molar-refractivity contribution in [3.63, 3.8) is 0 Å². The second-order valence-corrected chi connectivity index (χ2v) is 5.06. The summed E-state index contributed by atoms with van der Waals surface area (Å²) in [6.45, 7) is 0. The summed E-state index contributed by atoms with van der Waals surface area (Å²) in [7, 11) is 0. The van der Waals surface area contributed by atoms with E-state index >= 15 is 0 Å². The lowest BCUT2D eigenvalue weighted by molar-refractivity contribution is -0.384. The molecule has 5 nitrogen and oxygen atoms in total.